The van der Waals surface area contributed by atoms with Gasteiger partial charge in [-0.25, -0.2) is 0 Å². The zero-order chi connectivity index (χ0) is 21.4. The molecule has 5 rings (SSSR count). The normalized spacial score (nSPS) is 21.5. The first-order valence-corrected chi connectivity index (χ1v) is 11.5. The summed E-state index contributed by atoms with van der Waals surface area (Å²) in [5.41, 5.74) is 4.55. The van der Waals surface area contributed by atoms with Crippen LogP contribution in [0.15, 0.2) is 67.1 Å². The number of thiocarbonyl (C=S) groups is 1. The lowest BCUT2D eigenvalue weighted by Gasteiger charge is -2.28. The summed E-state index contributed by atoms with van der Waals surface area (Å²) in [5, 5.41) is 4.30. The van der Waals surface area contributed by atoms with Gasteiger partial charge in [-0.05, 0) is 73.1 Å². The van der Waals surface area contributed by atoms with E-state index in [0.717, 1.165) is 16.5 Å². The standard InChI is InChI=1S/C25H29N5S/c1-28(2)19-10-12-21(13-11-19)30-24(18-14-16-29(17-18)20-7-3-4-8-20)23(27-25(30)31)22-9-5-6-15-26-22/h5-6,9-17,20,23-24H,3-4,7-8H2,1-2H3,(H,27,31)/t23-,24+/m0/s1. The fourth-order valence-corrected chi connectivity index (χ4v) is 5.26. The summed E-state index contributed by atoms with van der Waals surface area (Å²) in [5.74, 6) is 0. The van der Waals surface area contributed by atoms with Gasteiger partial charge in [-0.2, -0.15) is 0 Å². The summed E-state index contributed by atoms with van der Waals surface area (Å²) in [6, 6.07) is 17.6. The Morgan fingerprint density at radius 1 is 1.03 bits per heavy atom. The van der Waals surface area contributed by atoms with Crippen molar-refractivity contribution in [2.45, 2.75) is 43.8 Å². The topological polar surface area (TPSA) is 36.3 Å². The molecule has 31 heavy (non-hydrogen) atoms. The van der Waals surface area contributed by atoms with Gasteiger partial charge >= 0.3 is 0 Å². The third kappa shape index (κ3) is 3.81. The molecular formula is C25H29N5S. The Morgan fingerprint density at radius 3 is 2.48 bits per heavy atom. The molecule has 1 N–H and O–H groups in total. The number of anilines is 2. The van der Waals surface area contributed by atoms with Crippen LogP contribution >= 0.6 is 12.2 Å². The molecule has 0 spiro atoms. The monoisotopic (exact) mass is 431 g/mol. The summed E-state index contributed by atoms with van der Waals surface area (Å²) in [6.45, 7) is 0. The van der Waals surface area contributed by atoms with E-state index in [9.17, 15) is 0 Å². The van der Waals surface area contributed by atoms with Crippen molar-refractivity contribution >= 4 is 28.7 Å². The summed E-state index contributed by atoms with van der Waals surface area (Å²) in [6.07, 6.45) is 11.6. The largest absolute Gasteiger partial charge is 0.378 e. The second-order valence-electron chi connectivity index (χ2n) is 8.74. The Balaban J connectivity index is 1.54. The highest BCUT2D eigenvalue weighted by Gasteiger charge is 2.41. The van der Waals surface area contributed by atoms with E-state index in [2.05, 4.69) is 87.6 Å². The van der Waals surface area contributed by atoms with Crippen LogP contribution in [0.1, 0.15) is 55.1 Å². The molecule has 1 saturated carbocycles. The van der Waals surface area contributed by atoms with E-state index in [0.29, 0.717) is 6.04 Å². The molecule has 2 aromatic heterocycles. The fraction of sp³-hybridized carbons (Fsp3) is 0.360. The van der Waals surface area contributed by atoms with Crippen molar-refractivity contribution in [3.8, 4) is 0 Å². The van der Waals surface area contributed by atoms with Crippen molar-refractivity contribution in [3.05, 3.63) is 78.4 Å². The van der Waals surface area contributed by atoms with Gasteiger partial charge in [0.15, 0.2) is 5.11 Å². The smallest absolute Gasteiger partial charge is 0.174 e. The average Bonchev–Trinajstić information content (AvgIpc) is 3.54. The molecule has 0 bridgehead atoms. The van der Waals surface area contributed by atoms with E-state index < -0.39 is 0 Å². The third-order valence-electron chi connectivity index (χ3n) is 6.57. The van der Waals surface area contributed by atoms with Crippen molar-refractivity contribution in [2.24, 2.45) is 0 Å². The number of nitrogens with one attached hydrogen (secondary N) is 1. The average molecular weight is 432 g/mol. The minimum Gasteiger partial charge on any atom is -0.378 e. The molecule has 1 aliphatic heterocycles. The van der Waals surface area contributed by atoms with E-state index in [4.69, 9.17) is 12.2 Å². The zero-order valence-electron chi connectivity index (χ0n) is 18.1. The Kier molecular flexibility index (Phi) is 5.40. The molecule has 6 heteroatoms. The number of aromatic nitrogens is 2. The lowest BCUT2D eigenvalue weighted by molar-refractivity contribution is 0.515. The molecule has 0 amide bonds. The maximum Gasteiger partial charge on any atom is 0.174 e. The minimum absolute atomic E-state index is 0.00153. The van der Waals surface area contributed by atoms with Crippen LogP contribution in [-0.2, 0) is 0 Å². The van der Waals surface area contributed by atoms with Crippen molar-refractivity contribution in [3.63, 3.8) is 0 Å². The van der Waals surface area contributed by atoms with Crippen LogP contribution in [-0.4, -0.2) is 28.8 Å². The van der Waals surface area contributed by atoms with Crippen molar-refractivity contribution in [2.75, 3.05) is 23.9 Å². The van der Waals surface area contributed by atoms with Crippen LogP contribution < -0.4 is 15.1 Å². The molecule has 0 radical (unpaired) electrons. The molecular weight excluding hydrogens is 402 g/mol. The predicted octanol–water partition coefficient (Wildman–Crippen LogP) is 5.24. The van der Waals surface area contributed by atoms with Gasteiger partial charge in [-0.1, -0.05) is 18.9 Å². The number of hydrogen-bond donors (Lipinski definition) is 1. The number of benzene rings is 1. The second kappa shape index (κ2) is 8.35. The lowest BCUT2D eigenvalue weighted by atomic mass is 9.98. The number of pyridine rings is 1. The van der Waals surface area contributed by atoms with Gasteiger partial charge in [0.1, 0.15) is 0 Å². The fourth-order valence-electron chi connectivity index (χ4n) is 4.92. The van der Waals surface area contributed by atoms with Gasteiger partial charge < -0.3 is 19.7 Å². The molecule has 5 nitrogen and oxygen atoms in total. The van der Waals surface area contributed by atoms with E-state index in [1.54, 1.807) is 0 Å². The summed E-state index contributed by atoms with van der Waals surface area (Å²) in [4.78, 5) is 9.02. The summed E-state index contributed by atoms with van der Waals surface area (Å²) in [7, 11) is 4.12. The maximum absolute atomic E-state index is 5.84. The van der Waals surface area contributed by atoms with Crippen LogP contribution in [0, 0.1) is 0 Å². The minimum atomic E-state index is 0.00153. The molecule has 2 aliphatic rings. The highest BCUT2D eigenvalue weighted by molar-refractivity contribution is 7.80. The zero-order valence-corrected chi connectivity index (χ0v) is 18.9. The Bertz CT molecular complexity index is 1040. The van der Waals surface area contributed by atoms with E-state index in [1.807, 2.05) is 18.3 Å². The molecule has 1 saturated heterocycles. The molecule has 0 unspecified atom stereocenters. The van der Waals surface area contributed by atoms with E-state index in [-0.39, 0.29) is 12.1 Å². The van der Waals surface area contributed by atoms with Crippen LogP contribution in [0.3, 0.4) is 0 Å². The van der Waals surface area contributed by atoms with Gasteiger partial charge in [-0.3, -0.25) is 4.98 Å². The highest BCUT2D eigenvalue weighted by Crippen LogP contribution is 2.42. The second-order valence-corrected chi connectivity index (χ2v) is 9.12. The molecule has 2 atom stereocenters. The van der Waals surface area contributed by atoms with Crippen LogP contribution in [0.4, 0.5) is 11.4 Å². The Morgan fingerprint density at radius 2 is 1.81 bits per heavy atom. The molecule has 1 aliphatic carbocycles. The quantitative estimate of drug-likeness (QED) is 0.559. The molecule has 3 aromatic rings. The number of rotatable bonds is 5. The Labute approximate surface area is 189 Å². The first-order valence-electron chi connectivity index (χ1n) is 11.1. The number of hydrogen-bond acceptors (Lipinski definition) is 3. The van der Waals surface area contributed by atoms with Gasteiger partial charge in [-0.15, -0.1) is 0 Å². The van der Waals surface area contributed by atoms with Gasteiger partial charge in [0.05, 0.1) is 17.8 Å². The van der Waals surface area contributed by atoms with Crippen LogP contribution in [0.25, 0.3) is 0 Å². The van der Waals surface area contributed by atoms with Crippen molar-refractivity contribution in [1.82, 2.24) is 14.9 Å². The van der Waals surface area contributed by atoms with Gasteiger partial charge in [0.25, 0.3) is 0 Å². The molecule has 2 fully saturated rings. The lowest BCUT2D eigenvalue weighted by Crippen LogP contribution is -2.29. The van der Waals surface area contributed by atoms with E-state index in [1.165, 1.54) is 36.9 Å². The number of nitrogens with zero attached hydrogens (tertiary/aromatic N) is 4. The maximum atomic E-state index is 5.84. The Hall–Kier alpha value is -2.86. The molecule has 3 heterocycles. The van der Waals surface area contributed by atoms with Crippen molar-refractivity contribution in [1.29, 1.82) is 0 Å². The summed E-state index contributed by atoms with van der Waals surface area (Å²) >= 11 is 5.84. The molecule has 160 valence electrons. The van der Waals surface area contributed by atoms with Crippen LogP contribution in [0.5, 0.6) is 0 Å². The van der Waals surface area contributed by atoms with Gasteiger partial charge in [0, 0.05) is 50.1 Å². The van der Waals surface area contributed by atoms with E-state index >= 15 is 0 Å². The first-order chi connectivity index (χ1) is 15.1. The molecule has 1 aromatic carbocycles. The third-order valence-corrected chi connectivity index (χ3v) is 6.88. The highest BCUT2D eigenvalue weighted by atomic mass is 32.1. The van der Waals surface area contributed by atoms with Gasteiger partial charge in [0.2, 0.25) is 0 Å². The SMILES string of the molecule is CN(C)c1ccc(N2C(=S)N[C@@H](c3ccccn3)[C@H]2c2ccn(C3CCCC3)c2)cc1. The first kappa shape index (κ1) is 20.1. The summed E-state index contributed by atoms with van der Waals surface area (Å²) < 4.78 is 2.41. The van der Waals surface area contributed by atoms with Crippen LogP contribution in [0.2, 0.25) is 0 Å². The predicted molar refractivity (Wildman–Crippen MR) is 131 cm³/mol. The van der Waals surface area contributed by atoms with Crippen molar-refractivity contribution < 1.29 is 0 Å².